The molecule has 13 heteroatoms. The van der Waals surface area contributed by atoms with Crippen LogP contribution in [0.1, 0.15) is 10.4 Å². The number of hydrogen-bond acceptors (Lipinski definition) is 9. The van der Waals surface area contributed by atoms with Gasteiger partial charge in [-0.3, -0.25) is 9.52 Å². The minimum Gasteiger partial charge on any atom is -0.508 e. The standard InChI is InChI=1S/C24H16ClN5O5S2/c25-19-12-21(36-24-26-28-29-30(24)15-6-8-16(32)9-7-15)22-18(23(19)33)2-1-3-20(22)27-37(34,35)17-10-4-14(13-31)5-11-17/h1-13,27,32-33H. The second kappa shape index (κ2) is 9.73. The van der Waals surface area contributed by atoms with Crippen molar-refractivity contribution in [2.45, 2.75) is 14.9 Å². The number of fused-ring (bicyclic) bond motifs is 1. The molecule has 0 spiro atoms. The molecule has 0 saturated carbocycles. The van der Waals surface area contributed by atoms with Crippen molar-refractivity contribution in [2.24, 2.45) is 0 Å². The van der Waals surface area contributed by atoms with Gasteiger partial charge in [-0.25, -0.2) is 8.42 Å². The topological polar surface area (TPSA) is 147 Å². The molecule has 0 aliphatic heterocycles. The van der Waals surface area contributed by atoms with E-state index in [1.807, 2.05) is 0 Å². The van der Waals surface area contributed by atoms with E-state index in [0.717, 1.165) is 11.8 Å². The zero-order valence-electron chi connectivity index (χ0n) is 18.6. The van der Waals surface area contributed by atoms with E-state index in [-0.39, 0.29) is 27.1 Å². The lowest BCUT2D eigenvalue weighted by molar-refractivity contribution is 0.112. The van der Waals surface area contributed by atoms with Crippen LogP contribution in [0.2, 0.25) is 5.02 Å². The average molecular weight is 554 g/mol. The zero-order chi connectivity index (χ0) is 26.2. The average Bonchev–Trinajstić information content (AvgIpc) is 3.35. The molecule has 1 aromatic heterocycles. The summed E-state index contributed by atoms with van der Waals surface area (Å²) in [5.74, 6) is -0.129. The number of hydrogen-bond donors (Lipinski definition) is 3. The number of nitrogens with zero attached hydrogens (tertiary/aromatic N) is 4. The Kier molecular flexibility index (Phi) is 6.46. The predicted molar refractivity (Wildman–Crippen MR) is 138 cm³/mol. The van der Waals surface area contributed by atoms with Crippen molar-refractivity contribution in [3.05, 3.63) is 83.4 Å². The Balaban J connectivity index is 1.60. The van der Waals surface area contributed by atoms with Crippen molar-refractivity contribution in [1.82, 2.24) is 20.2 Å². The number of benzene rings is 4. The van der Waals surface area contributed by atoms with Crippen LogP contribution in [0.3, 0.4) is 0 Å². The molecule has 4 aromatic carbocycles. The molecule has 0 aliphatic carbocycles. The molecule has 0 saturated heterocycles. The third-order valence-corrected chi connectivity index (χ3v) is 8.01. The maximum absolute atomic E-state index is 13.1. The lowest BCUT2D eigenvalue weighted by Crippen LogP contribution is -2.13. The molecule has 0 amide bonds. The van der Waals surface area contributed by atoms with Gasteiger partial charge < -0.3 is 10.2 Å². The van der Waals surface area contributed by atoms with Crippen molar-refractivity contribution in [3.63, 3.8) is 0 Å². The number of carbonyl (C=O) groups excluding carboxylic acids is 1. The molecule has 0 atom stereocenters. The first-order chi connectivity index (χ1) is 17.8. The number of phenols is 2. The summed E-state index contributed by atoms with van der Waals surface area (Å²) in [6.45, 7) is 0. The van der Waals surface area contributed by atoms with Crippen LogP contribution in [0, 0.1) is 0 Å². The summed E-state index contributed by atoms with van der Waals surface area (Å²) < 4.78 is 30.3. The summed E-state index contributed by atoms with van der Waals surface area (Å²) >= 11 is 7.41. The Labute approximate surface area is 219 Å². The fraction of sp³-hybridized carbons (Fsp3) is 0. The number of rotatable bonds is 7. The van der Waals surface area contributed by atoms with E-state index in [1.165, 1.54) is 47.1 Å². The third kappa shape index (κ3) is 4.81. The second-order valence-electron chi connectivity index (χ2n) is 7.72. The van der Waals surface area contributed by atoms with Gasteiger partial charge in [-0.2, -0.15) is 4.68 Å². The summed E-state index contributed by atoms with van der Waals surface area (Å²) in [6, 6.07) is 18.0. The number of aromatic nitrogens is 4. The van der Waals surface area contributed by atoms with Crippen LogP contribution in [-0.2, 0) is 10.0 Å². The van der Waals surface area contributed by atoms with Gasteiger partial charge in [-0.05, 0) is 70.7 Å². The highest BCUT2D eigenvalue weighted by atomic mass is 35.5. The molecule has 10 nitrogen and oxygen atoms in total. The van der Waals surface area contributed by atoms with Crippen LogP contribution in [0.15, 0.2) is 87.7 Å². The van der Waals surface area contributed by atoms with Crippen LogP contribution >= 0.6 is 23.4 Å². The van der Waals surface area contributed by atoms with Gasteiger partial charge in [0, 0.05) is 21.2 Å². The summed E-state index contributed by atoms with van der Waals surface area (Å²) in [5.41, 5.74) is 1.11. The SMILES string of the molecule is O=Cc1ccc(S(=O)(=O)Nc2cccc3c(O)c(Cl)cc(Sc4nnnn4-c4ccc(O)cc4)c23)cc1. The van der Waals surface area contributed by atoms with Crippen molar-refractivity contribution in [2.75, 3.05) is 4.72 Å². The van der Waals surface area contributed by atoms with E-state index in [1.54, 1.807) is 30.3 Å². The molecule has 186 valence electrons. The number of nitrogens with one attached hydrogen (secondary N) is 1. The molecule has 1 heterocycles. The Morgan fingerprint density at radius 2 is 1.73 bits per heavy atom. The van der Waals surface area contributed by atoms with E-state index < -0.39 is 10.0 Å². The fourth-order valence-corrected chi connectivity index (χ4v) is 5.94. The Morgan fingerprint density at radius 1 is 1.00 bits per heavy atom. The van der Waals surface area contributed by atoms with Gasteiger partial charge in [-0.15, -0.1) is 5.10 Å². The maximum Gasteiger partial charge on any atom is 0.261 e. The number of phenolic OH excluding ortho intramolecular Hbond substituents is 2. The maximum atomic E-state index is 13.1. The van der Waals surface area contributed by atoms with E-state index in [2.05, 4.69) is 20.2 Å². The molecular formula is C24H16ClN5O5S2. The van der Waals surface area contributed by atoms with E-state index in [4.69, 9.17) is 11.6 Å². The van der Waals surface area contributed by atoms with Gasteiger partial charge in [0.25, 0.3) is 10.0 Å². The molecule has 37 heavy (non-hydrogen) atoms. The van der Waals surface area contributed by atoms with Crippen LogP contribution in [0.4, 0.5) is 5.69 Å². The number of tetrazole rings is 1. The third-order valence-electron chi connectivity index (χ3n) is 5.36. The molecule has 0 fully saturated rings. The highest BCUT2D eigenvalue weighted by Gasteiger charge is 2.21. The van der Waals surface area contributed by atoms with Crippen molar-refractivity contribution >= 4 is 56.1 Å². The summed E-state index contributed by atoms with van der Waals surface area (Å²) in [7, 11) is -4.05. The first kappa shape index (κ1) is 24.6. The molecule has 0 bridgehead atoms. The van der Waals surface area contributed by atoms with Gasteiger partial charge in [0.15, 0.2) is 0 Å². The predicted octanol–water partition coefficient (Wildman–Crippen LogP) is 4.64. The highest BCUT2D eigenvalue weighted by Crippen LogP contribution is 2.44. The number of halogens is 1. The van der Waals surface area contributed by atoms with Gasteiger partial charge in [0.2, 0.25) is 5.16 Å². The van der Waals surface area contributed by atoms with Crippen molar-refractivity contribution in [1.29, 1.82) is 0 Å². The summed E-state index contributed by atoms with van der Waals surface area (Å²) in [5, 5.41) is 33.1. The number of aromatic hydroxyl groups is 2. The molecule has 5 aromatic rings. The minimum atomic E-state index is -4.05. The zero-order valence-corrected chi connectivity index (χ0v) is 21.0. The first-order valence-corrected chi connectivity index (χ1v) is 13.2. The second-order valence-corrected chi connectivity index (χ2v) is 10.8. The summed E-state index contributed by atoms with van der Waals surface area (Å²) in [4.78, 5) is 11.4. The number of anilines is 1. The number of sulfonamides is 1. The lowest BCUT2D eigenvalue weighted by Gasteiger charge is -2.15. The Hall–Kier alpha value is -4.13. The highest BCUT2D eigenvalue weighted by molar-refractivity contribution is 7.99. The molecule has 0 radical (unpaired) electrons. The monoisotopic (exact) mass is 553 g/mol. The van der Waals surface area contributed by atoms with Gasteiger partial charge in [0.05, 0.1) is 21.3 Å². The van der Waals surface area contributed by atoms with E-state index in [9.17, 15) is 23.4 Å². The largest absolute Gasteiger partial charge is 0.508 e. The Morgan fingerprint density at radius 3 is 2.43 bits per heavy atom. The van der Waals surface area contributed by atoms with Crippen LogP contribution in [0.25, 0.3) is 16.5 Å². The Bertz CT molecular complexity index is 1740. The van der Waals surface area contributed by atoms with Crippen LogP contribution in [0.5, 0.6) is 11.5 Å². The van der Waals surface area contributed by atoms with Crippen molar-refractivity contribution < 1.29 is 23.4 Å². The molecule has 0 unspecified atom stereocenters. The minimum absolute atomic E-state index is 0.0428. The van der Waals surface area contributed by atoms with E-state index >= 15 is 0 Å². The first-order valence-electron chi connectivity index (χ1n) is 10.5. The molecule has 5 rings (SSSR count). The number of aldehydes is 1. The summed E-state index contributed by atoms with van der Waals surface area (Å²) in [6.07, 6.45) is 0.621. The van der Waals surface area contributed by atoms with Gasteiger partial charge >= 0.3 is 0 Å². The normalized spacial score (nSPS) is 11.5. The van der Waals surface area contributed by atoms with Crippen LogP contribution in [-0.4, -0.2) is 45.1 Å². The van der Waals surface area contributed by atoms with E-state index in [0.29, 0.717) is 38.4 Å². The van der Waals surface area contributed by atoms with Gasteiger partial charge in [0.1, 0.15) is 17.8 Å². The van der Waals surface area contributed by atoms with Crippen LogP contribution < -0.4 is 4.72 Å². The number of carbonyl (C=O) groups is 1. The molecule has 3 N–H and O–H groups in total. The quantitative estimate of drug-likeness (QED) is 0.245. The van der Waals surface area contributed by atoms with Gasteiger partial charge in [-0.1, -0.05) is 35.9 Å². The van der Waals surface area contributed by atoms with Crippen molar-refractivity contribution in [3.8, 4) is 17.2 Å². The lowest BCUT2D eigenvalue weighted by atomic mass is 10.1. The fourth-order valence-electron chi connectivity index (χ4n) is 3.59. The molecular weight excluding hydrogens is 538 g/mol. The smallest absolute Gasteiger partial charge is 0.261 e. The molecule has 0 aliphatic rings.